The first kappa shape index (κ1) is 35.9. The van der Waals surface area contributed by atoms with Crippen molar-refractivity contribution >= 4 is 45.3 Å². The van der Waals surface area contributed by atoms with Crippen LogP contribution in [0.3, 0.4) is 0 Å². The lowest BCUT2D eigenvalue weighted by molar-refractivity contribution is -0.134. The fourth-order valence-electron chi connectivity index (χ4n) is 9.35. The van der Waals surface area contributed by atoms with Gasteiger partial charge in [0.25, 0.3) is 0 Å². The zero-order valence-electron chi connectivity index (χ0n) is 31.6. The van der Waals surface area contributed by atoms with Gasteiger partial charge < -0.3 is 19.9 Å². The molecule has 5 aromatic rings. The molecule has 15 nitrogen and oxygen atoms in total. The lowest BCUT2D eigenvalue weighted by Gasteiger charge is -2.43. The third-order valence-corrected chi connectivity index (χ3v) is 13.5. The van der Waals surface area contributed by atoms with Crippen molar-refractivity contribution in [3.63, 3.8) is 0 Å². The Morgan fingerprint density at radius 2 is 1.79 bits per heavy atom. The van der Waals surface area contributed by atoms with Crippen LogP contribution < -0.4 is 20.4 Å². The Hall–Kier alpha value is -5.50. The van der Waals surface area contributed by atoms with Gasteiger partial charge in [0, 0.05) is 75.9 Å². The molecule has 2 N–H and O–H groups in total. The molecular weight excluding hydrogens is 741 g/mol. The Morgan fingerprint density at radius 3 is 2.54 bits per heavy atom. The summed E-state index contributed by atoms with van der Waals surface area (Å²) in [6.07, 6.45) is 11.8. The topological polar surface area (TPSA) is 170 Å². The minimum atomic E-state index is -0.306. The first-order valence-corrected chi connectivity index (χ1v) is 20.9. The van der Waals surface area contributed by atoms with E-state index in [0.29, 0.717) is 43.0 Å². The number of nitrogens with one attached hydrogen (secondary N) is 2. The second-order valence-electron chi connectivity index (χ2n) is 16.0. The number of hydrogen-bond acceptors (Lipinski definition) is 14. The second kappa shape index (κ2) is 15.1. The van der Waals surface area contributed by atoms with Crippen LogP contribution in [0.25, 0.3) is 27.5 Å². The maximum absolute atomic E-state index is 12.3. The summed E-state index contributed by atoms with van der Waals surface area (Å²) in [7, 11) is 0. The minimum Gasteiger partial charge on any atom is -0.379 e. The number of piperazine rings is 1. The van der Waals surface area contributed by atoms with E-state index in [-0.39, 0.29) is 23.8 Å². The van der Waals surface area contributed by atoms with Crippen molar-refractivity contribution in [3.05, 3.63) is 66.1 Å². The van der Waals surface area contributed by atoms with E-state index in [1.807, 2.05) is 47.2 Å². The van der Waals surface area contributed by atoms with Gasteiger partial charge in [-0.05, 0) is 80.3 Å². The van der Waals surface area contributed by atoms with Gasteiger partial charge in [-0.1, -0.05) is 17.4 Å². The molecule has 0 spiro atoms. The maximum Gasteiger partial charge on any atom is 0.234 e. The number of carbonyl (C=O) groups excluding carboxylic acids is 2. The highest BCUT2D eigenvalue weighted by Gasteiger charge is 2.42. The summed E-state index contributed by atoms with van der Waals surface area (Å²) >= 11 is 1.63. The summed E-state index contributed by atoms with van der Waals surface area (Å²) in [5.41, 5.74) is 5.72. The second-order valence-corrected chi connectivity index (χ2v) is 16.9. The van der Waals surface area contributed by atoms with Crippen LogP contribution in [-0.2, 0) is 14.3 Å². The van der Waals surface area contributed by atoms with Gasteiger partial charge >= 0.3 is 0 Å². The standard InChI is InChI=1S/C41H44N12O3S/c42-17-26-15-29-4-6-36(53(29)45-18-26)35-16-34(46-28-11-14-56-24-28)33(20-43-35)40-48-49-41(57-40)51-22-30-2-3-31(23-51)52(30)21-25-9-12-50(13-10-25)37-7-1-27(19-44-37)32-5-8-38(54)47-39(32)55/h1,4,6-7,15-16,18-20,25,28,30-32H,2-3,5,8-14,21-24H2,(H,43,46)(H,47,54,55)/t28-,30?,31?,32+/m1/s1. The van der Waals surface area contributed by atoms with E-state index < -0.39 is 0 Å². The highest BCUT2D eigenvalue weighted by Crippen LogP contribution is 2.40. The van der Waals surface area contributed by atoms with Crippen LogP contribution >= 0.6 is 11.3 Å². The van der Waals surface area contributed by atoms with Gasteiger partial charge in [0.05, 0.1) is 52.8 Å². The minimum absolute atomic E-state index is 0.192. The van der Waals surface area contributed by atoms with E-state index in [4.69, 9.17) is 24.9 Å². The van der Waals surface area contributed by atoms with Gasteiger partial charge in [-0.15, -0.1) is 10.2 Å². The first-order valence-electron chi connectivity index (χ1n) is 20.1. The van der Waals surface area contributed by atoms with Crippen LogP contribution in [0, 0.1) is 17.2 Å². The van der Waals surface area contributed by atoms with Crippen LogP contribution in [0.5, 0.6) is 0 Å². The summed E-state index contributed by atoms with van der Waals surface area (Å²) in [4.78, 5) is 41.1. The van der Waals surface area contributed by atoms with Gasteiger partial charge in [-0.3, -0.25) is 24.8 Å². The number of fused-ring (bicyclic) bond motifs is 3. The molecule has 292 valence electrons. The van der Waals surface area contributed by atoms with Gasteiger partial charge in [0.1, 0.15) is 11.9 Å². The average Bonchev–Trinajstić information content (AvgIpc) is 4.06. The van der Waals surface area contributed by atoms with Gasteiger partial charge in [-0.25, -0.2) is 9.50 Å². The number of amides is 2. The molecule has 4 atom stereocenters. The quantitative estimate of drug-likeness (QED) is 0.201. The third-order valence-electron chi connectivity index (χ3n) is 12.5. The van der Waals surface area contributed by atoms with Crippen LogP contribution in [0.15, 0.2) is 55.0 Å². The predicted molar refractivity (Wildman–Crippen MR) is 215 cm³/mol. The lowest BCUT2D eigenvalue weighted by atomic mass is 9.91. The molecule has 0 aliphatic carbocycles. The number of rotatable bonds is 9. The number of nitrogens with zero attached hydrogens (tertiary/aromatic N) is 10. The van der Waals surface area contributed by atoms with Crippen molar-refractivity contribution in [3.8, 4) is 28.0 Å². The molecule has 2 amide bonds. The molecule has 2 bridgehead atoms. The lowest BCUT2D eigenvalue weighted by Crippen LogP contribution is -2.55. The molecule has 0 radical (unpaired) electrons. The van der Waals surface area contributed by atoms with Gasteiger partial charge in [-0.2, -0.15) is 10.4 Å². The highest BCUT2D eigenvalue weighted by atomic mass is 32.1. The van der Waals surface area contributed by atoms with Gasteiger partial charge in [0.2, 0.25) is 16.9 Å². The summed E-state index contributed by atoms with van der Waals surface area (Å²) in [5, 5.41) is 31.3. The van der Waals surface area contributed by atoms with E-state index in [9.17, 15) is 14.9 Å². The maximum atomic E-state index is 12.3. The van der Waals surface area contributed by atoms with E-state index in [2.05, 4.69) is 42.6 Å². The van der Waals surface area contributed by atoms with Crippen LogP contribution in [0.4, 0.5) is 16.6 Å². The fraction of sp³-hybridized carbons (Fsp3) is 0.463. The van der Waals surface area contributed by atoms with Crippen molar-refractivity contribution in [1.82, 2.24) is 40.0 Å². The molecule has 10 heterocycles. The predicted octanol–water partition coefficient (Wildman–Crippen LogP) is 4.47. The average molecular weight is 785 g/mol. The zero-order valence-corrected chi connectivity index (χ0v) is 32.4. The monoisotopic (exact) mass is 784 g/mol. The van der Waals surface area contributed by atoms with Crippen molar-refractivity contribution < 1.29 is 14.3 Å². The molecule has 5 aliphatic heterocycles. The summed E-state index contributed by atoms with van der Waals surface area (Å²) in [6, 6.07) is 15.2. The fourth-order valence-corrected chi connectivity index (χ4v) is 10.2. The molecule has 5 fully saturated rings. The highest BCUT2D eigenvalue weighted by molar-refractivity contribution is 7.18. The summed E-state index contributed by atoms with van der Waals surface area (Å²) in [6.45, 7) is 6.37. The molecule has 10 rings (SSSR count). The SMILES string of the molecule is N#Cc1cnn2c(-c3cc(N[C@@H]4CCOC4)c(-c4nnc(N5CC6CCC(C5)N6CC5CCN(c6ccc([C@@H]7CCC(=O)NC7=O)cn6)CC5)s4)cn3)ccc2c1. The zero-order chi connectivity index (χ0) is 38.5. The molecule has 16 heteroatoms. The smallest absolute Gasteiger partial charge is 0.234 e. The number of pyridine rings is 2. The van der Waals surface area contributed by atoms with E-state index >= 15 is 0 Å². The number of hydrogen-bond donors (Lipinski definition) is 2. The molecular formula is C41H44N12O3S. The van der Waals surface area contributed by atoms with Crippen molar-refractivity contribution in [2.45, 2.75) is 69.0 Å². The summed E-state index contributed by atoms with van der Waals surface area (Å²) in [5.74, 6) is 0.882. The number of piperidine rings is 2. The Bertz CT molecular complexity index is 2330. The Labute approximate surface area is 334 Å². The first-order chi connectivity index (χ1) is 28.0. The Morgan fingerprint density at radius 1 is 0.930 bits per heavy atom. The molecule has 5 saturated heterocycles. The molecule has 2 unspecified atom stereocenters. The van der Waals surface area contributed by atoms with E-state index in [0.717, 1.165) is 108 Å². The van der Waals surface area contributed by atoms with Crippen LogP contribution in [-0.4, -0.2) is 111 Å². The molecule has 5 aromatic heterocycles. The van der Waals surface area contributed by atoms with Crippen molar-refractivity contribution in [1.29, 1.82) is 5.26 Å². The number of ether oxygens (including phenoxy) is 1. The number of imide groups is 1. The summed E-state index contributed by atoms with van der Waals surface area (Å²) < 4.78 is 7.51. The Balaban J connectivity index is 0.786. The molecule has 0 aromatic carbocycles. The number of carbonyl (C=O) groups is 2. The van der Waals surface area contributed by atoms with Crippen molar-refractivity contribution in [2.24, 2.45) is 5.92 Å². The molecule has 57 heavy (non-hydrogen) atoms. The molecule has 0 saturated carbocycles. The number of aromatic nitrogens is 6. The number of anilines is 3. The van der Waals surface area contributed by atoms with Gasteiger partial charge in [0.15, 0.2) is 5.01 Å². The normalized spacial score (nSPS) is 24.3. The largest absolute Gasteiger partial charge is 0.379 e. The molecule has 5 aliphatic rings. The third kappa shape index (κ3) is 7.08. The van der Waals surface area contributed by atoms with Crippen LogP contribution in [0.1, 0.15) is 62.0 Å². The van der Waals surface area contributed by atoms with E-state index in [1.54, 1.807) is 17.5 Å². The van der Waals surface area contributed by atoms with Crippen LogP contribution in [0.2, 0.25) is 0 Å². The van der Waals surface area contributed by atoms with E-state index in [1.165, 1.54) is 12.8 Å². The van der Waals surface area contributed by atoms with Crippen molar-refractivity contribution in [2.75, 3.05) is 61.1 Å². The Kier molecular flexibility index (Phi) is 9.51. The number of nitriles is 1.